The average molecular weight is 237 g/mol. The zero-order valence-corrected chi connectivity index (χ0v) is 9.63. The van der Waals surface area contributed by atoms with E-state index in [-0.39, 0.29) is 5.56 Å². The van der Waals surface area contributed by atoms with Gasteiger partial charge in [0.15, 0.2) is 0 Å². The van der Waals surface area contributed by atoms with Gasteiger partial charge in [-0.05, 0) is 24.6 Å². The molecule has 0 aliphatic rings. The highest BCUT2D eigenvalue weighted by Crippen LogP contribution is 1.96. The number of methoxy groups -OCH3 is 1. The Morgan fingerprint density at radius 3 is 3.00 bits per heavy atom. The van der Waals surface area contributed by atoms with E-state index in [9.17, 15) is 9.59 Å². The summed E-state index contributed by atoms with van der Waals surface area (Å²) in [6.07, 6.45) is 4.67. The topological polar surface area (TPSA) is 68.5 Å². The van der Waals surface area contributed by atoms with Crippen molar-refractivity contribution in [2.45, 2.75) is 13.0 Å². The fourth-order valence-corrected chi connectivity index (χ4v) is 1.40. The van der Waals surface area contributed by atoms with Gasteiger partial charge in [0.2, 0.25) is 0 Å². The lowest BCUT2D eigenvalue weighted by Crippen LogP contribution is -2.21. The molecule has 0 fully saturated rings. The van der Waals surface area contributed by atoms with Gasteiger partial charge in [-0.1, -0.05) is 0 Å². The van der Waals surface area contributed by atoms with E-state index in [4.69, 9.17) is 9.84 Å². The Morgan fingerprint density at radius 1 is 1.59 bits per heavy atom. The summed E-state index contributed by atoms with van der Waals surface area (Å²) in [7, 11) is 1.61. The number of carboxylic acid groups (broad SMARTS) is 1. The summed E-state index contributed by atoms with van der Waals surface area (Å²) in [5, 5.41) is 8.50. The van der Waals surface area contributed by atoms with E-state index in [1.165, 1.54) is 6.08 Å². The lowest BCUT2D eigenvalue weighted by Gasteiger charge is -2.05. The van der Waals surface area contributed by atoms with Gasteiger partial charge < -0.3 is 14.4 Å². The zero-order chi connectivity index (χ0) is 12.7. The second kappa shape index (κ2) is 6.65. The second-order valence-corrected chi connectivity index (χ2v) is 3.48. The van der Waals surface area contributed by atoms with Crippen molar-refractivity contribution in [3.8, 4) is 0 Å². The third-order valence-electron chi connectivity index (χ3n) is 2.20. The largest absolute Gasteiger partial charge is 0.478 e. The Morgan fingerprint density at radius 2 is 2.35 bits per heavy atom. The Labute approximate surface area is 99.0 Å². The molecule has 5 nitrogen and oxygen atoms in total. The molecule has 5 heteroatoms. The molecule has 0 aliphatic carbocycles. The molecule has 0 atom stereocenters. The number of nitrogens with zero attached hydrogens (tertiary/aromatic N) is 1. The average Bonchev–Trinajstić information content (AvgIpc) is 2.30. The van der Waals surface area contributed by atoms with Crippen LogP contribution in [-0.2, 0) is 16.1 Å². The lowest BCUT2D eigenvalue weighted by molar-refractivity contribution is -0.131. The van der Waals surface area contributed by atoms with Gasteiger partial charge in [-0.2, -0.15) is 0 Å². The number of hydrogen-bond donors (Lipinski definition) is 1. The van der Waals surface area contributed by atoms with Gasteiger partial charge in [-0.15, -0.1) is 0 Å². The Bertz CT molecular complexity index is 462. The van der Waals surface area contributed by atoms with Crippen LogP contribution in [0.4, 0.5) is 0 Å². The van der Waals surface area contributed by atoms with E-state index in [2.05, 4.69) is 0 Å². The second-order valence-electron chi connectivity index (χ2n) is 3.48. The number of aryl methyl sites for hydroxylation is 1. The van der Waals surface area contributed by atoms with Crippen molar-refractivity contribution in [3.05, 3.63) is 40.3 Å². The van der Waals surface area contributed by atoms with Crippen LogP contribution < -0.4 is 5.56 Å². The molecule has 0 saturated carbocycles. The minimum atomic E-state index is -1.07. The first kappa shape index (κ1) is 13.2. The van der Waals surface area contributed by atoms with Crippen LogP contribution in [0.2, 0.25) is 0 Å². The van der Waals surface area contributed by atoms with Gasteiger partial charge in [-0.25, -0.2) is 4.79 Å². The molecule has 1 aromatic rings. The molecular weight excluding hydrogens is 222 g/mol. The van der Waals surface area contributed by atoms with Crippen molar-refractivity contribution in [2.24, 2.45) is 0 Å². The summed E-state index contributed by atoms with van der Waals surface area (Å²) >= 11 is 0. The third kappa shape index (κ3) is 4.24. The van der Waals surface area contributed by atoms with Crippen LogP contribution in [0.15, 0.2) is 29.2 Å². The van der Waals surface area contributed by atoms with Gasteiger partial charge in [0.25, 0.3) is 5.56 Å². The van der Waals surface area contributed by atoms with Gasteiger partial charge in [-0.3, -0.25) is 4.79 Å². The molecule has 0 aliphatic heterocycles. The van der Waals surface area contributed by atoms with Crippen LogP contribution in [0.5, 0.6) is 0 Å². The fraction of sp³-hybridized carbons (Fsp3) is 0.333. The molecule has 1 aromatic heterocycles. The summed E-state index contributed by atoms with van der Waals surface area (Å²) in [5.41, 5.74) is 0.174. The molecule has 1 N–H and O–H groups in total. The first-order valence-corrected chi connectivity index (χ1v) is 5.24. The lowest BCUT2D eigenvalue weighted by atomic mass is 10.2. The zero-order valence-electron chi connectivity index (χ0n) is 9.63. The number of hydrogen-bond acceptors (Lipinski definition) is 3. The number of carbonyl (C=O) groups is 1. The fourth-order valence-electron chi connectivity index (χ4n) is 1.40. The Kier molecular flexibility index (Phi) is 5.16. The van der Waals surface area contributed by atoms with E-state index >= 15 is 0 Å². The van der Waals surface area contributed by atoms with Crippen LogP contribution in [0.25, 0.3) is 6.08 Å². The monoisotopic (exact) mass is 237 g/mol. The molecule has 0 bridgehead atoms. The molecule has 17 heavy (non-hydrogen) atoms. The molecule has 1 heterocycles. The normalized spacial score (nSPS) is 10.9. The Balaban J connectivity index is 2.84. The van der Waals surface area contributed by atoms with Crippen LogP contribution >= 0.6 is 0 Å². The highest BCUT2D eigenvalue weighted by atomic mass is 16.5. The molecule has 0 saturated heterocycles. The van der Waals surface area contributed by atoms with Crippen LogP contribution in [-0.4, -0.2) is 29.4 Å². The number of ether oxygens (including phenoxy) is 1. The van der Waals surface area contributed by atoms with Crippen molar-refractivity contribution in [2.75, 3.05) is 13.7 Å². The number of rotatable bonds is 6. The van der Waals surface area contributed by atoms with E-state index in [1.807, 2.05) is 0 Å². The highest BCUT2D eigenvalue weighted by molar-refractivity contribution is 5.85. The third-order valence-corrected chi connectivity index (χ3v) is 2.20. The molecule has 92 valence electrons. The Hall–Kier alpha value is -1.88. The van der Waals surface area contributed by atoms with Crippen LogP contribution in [0, 0.1) is 0 Å². The van der Waals surface area contributed by atoms with Crippen LogP contribution in [0.1, 0.15) is 12.0 Å². The van der Waals surface area contributed by atoms with Crippen molar-refractivity contribution in [1.29, 1.82) is 0 Å². The summed E-state index contributed by atoms with van der Waals surface area (Å²) in [5.74, 6) is -1.07. The maximum absolute atomic E-state index is 11.9. The molecule has 0 spiro atoms. The molecule has 0 amide bonds. The smallest absolute Gasteiger partial charge is 0.328 e. The standard InChI is InChI=1S/C12H15NO4/c1-17-9-3-8-13-7-2-4-10(12(13)16)5-6-11(14)15/h2,4-7H,3,8-9H2,1H3,(H,14,15)/b6-5+. The quantitative estimate of drug-likeness (QED) is 0.591. The summed E-state index contributed by atoms with van der Waals surface area (Å²) in [6.45, 7) is 1.14. The molecule has 0 radical (unpaired) electrons. The van der Waals surface area contributed by atoms with Crippen molar-refractivity contribution >= 4 is 12.0 Å². The summed E-state index contributed by atoms with van der Waals surface area (Å²) in [6, 6.07) is 3.31. The first-order chi connectivity index (χ1) is 8.15. The number of aliphatic carboxylic acids is 1. The maximum Gasteiger partial charge on any atom is 0.328 e. The van der Waals surface area contributed by atoms with Crippen molar-refractivity contribution in [3.63, 3.8) is 0 Å². The van der Waals surface area contributed by atoms with E-state index in [1.54, 1.807) is 30.0 Å². The van der Waals surface area contributed by atoms with Crippen LogP contribution in [0.3, 0.4) is 0 Å². The summed E-state index contributed by atoms with van der Waals surface area (Å²) in [4.78, 5) is 22.2. The molecular formula is C12H15NO4. The molecule has 0 unspecified atom stereocenters. The van der Waals surface area contributed by atoms with Gasteiger partial charge >= 0.3 is 5.97 Å². The number of aromatic nitrogens is 1. The highest BCUT2D eigenvalue weighted by Gasteiger charge is 2.00. The molecule has 1 rings (SSSR count). The van der Waals surface area contributed by atoms with Gasteiger partial charge in [0, 0.05) is 38.1 Å². The molecule has 0 aromatic carbocycles. The predicted octanol–water partition coefficient (Wildman–Crippen LogP) is 0.983. The van der Waals surface area contributed by atoms with Crippen molar-refractivity contribution in [1.82, 2.24) is 4.57 Å². The maximum atomic E-state index is 11.9. The number of pyridine rings is 1. The van der Waals surface area contributed by atoms with Gasteiger partial charge in [0.05, 0.1) is 0 Å². The summed E-state index contributed by atoms with van der Waals surface area (Å²) < 4.78 is 6.45. The first-order valence-electron chi connectivity index (χ1n) is 5.24. The minimum Gasteiger partial charge on any atom is -0.478 e. The SMILES string of the molecule is COCCCn1cccc(/C=C/C(=O)O)c1=O. The number of carboxylic acids is 1. The predicted molar refractivity (Wildman–Crippen MR) is 63.9 cm³/mol. The minimum absolute atomic E-state index is 0.193. The van der Waals surface area contributed by atoms with E-state index < -0.39 is 5.97 Å². The van der Waals surface area contributed by atoms with E-state index in [0.29, 0.717) is 18.7 Å². The van der Waals surface area contributed by atoms with Gasteiger partial charge in [0.1, 0.15) is 0 Å². The van der Waals surface area contributed by atoms with Crippen molar-refractivity contribution < 1.29 is 14.6 Å². The van der Waals surface area contributed by atoms with E-state index in [0.717, 1.165) is 12.5 Å².